The molecule has 2 aromatic heterocycles. The van der Waals surface area contributed by atoms with E-state index in [0.717, 1.165) is 17.1 Å². The molecule has 0 bridgehead atoms. The van der Waals surface area contributed by atoms with Gasteiger partial charge in [0.15, 0.2) is 0 Å². The van der Waals surface area contributed by atoms with E-state index in [9.17, 15) is 4.79 Å². The molecule has 0 unspecified atom stereocenters. The minimum atomic E-state index is -0.0516. The Bertz CT molecular complexity index is 1100. The fraction of sp³-hybridized carbons (Fsp3) is 0.0909. The highest BCUT2D eigenvalue weighted by Gasteiger charge is 2.04. The minimum absolute atomic E-state index is 0.0516. The molecule has 2 heterocycles. The van der Waals surface area contributed by atoms with E-state index in [-0.39, 0.29) is 5.56 Å². The van der Waals surface area contributed by atoms with Crippen LogP contribution in [0.1, 0.15) is 11.4 Å². The van der Waals surface area contributed by atoms with Crippen molar-refractivity contribution >= 4 is 11.3 Å². The van der Waals surface area contributed by atoms with Crippen molar-refractivity contribution in [3.05, 3.63) is 101 Å². The summed E-state index contributed by atoms with van der Waals surface area (Å²) >= 11 is 0. The van der Waals surface area contributed by atoms with Gasteiger partial charge in [0.25, 0.3) is 5.56 Å². The second-order valence-corrected chi connectivity index (χ2v) is 6.24. The average molecular weight is 341 g/mol. The zero-order valence-corrected chi connectivity index (χ0v) is 14.5. The summed E-state index contributed by atoms with van der Waals surface area (Å²) in [5.74, 6) is 0. The summed E-state index contributed by atoms with van der Waals surface area (Å²) in [6.45, 7) is 2.41. The van der Waals surface area contributed by atoms with Crippen molar-refractivity contribution in [1.82, 2.24) is 9.38 Å². The van der Waals surface area contributed by atoms with Crippen LogP contribution < -0.4 is 10.9 Å². The Balaban J connectivity index is 1.52. The second kappa shape index (κ2) is 6.84. The summed E-state index contributed by atoms with van der Waals surface area (Å²) in [6, 6.07) is 25.8. The van der Waals surface area contributed by atoms with Gasteiger partial charge in [-0.15, -0.1) is 0 Å². The van der Waals surface area contributed by atoms with Gasteiger partial charge in [0, 0.05) is 17.4 Å². The lowest BCUT2D eigenvalue weighted by molar-refractivity contribution is 0.943. The van der Waals surface area contributed by atoms with E-state index in [4.69, 9.17) is 0 Å². The van der Waals surface area contributed by atoms with Crippen LogP contribution in [-0.2, 0) is 6.54 Å². The number of nitrogens with one attached hydrogen (secondary N) is 1. The number of fused-ring (bicyclic) bond motifs is 1. The fourth-order valence-corrected chi connectivity index (χ4v) is 3.06. The first-order valence-electron chi connectivity index (χ1n) is 8.58. The third-order valence-electron chi connectivity index (χ3n) is 4.40. The molecule has 0 spiro atoms. The van der Waals surface area contributed by atoms with E-state index in [0.29, 0.717) is 12.2 Å². The molecule has 4 rings (SSSR count). The highest BCUT2D eigenvalue weighted by molar-refractivity contribution is 5.65. The van der Waals surface area contributed by atoms with Gasteiger partial charge in [0.1, 0.15) is 5.65 Å². The molecule has 0 saturated heterocycles. The molecule has 4 heteroatoms. The average Bonchev–Trinajstić information content (AvgIpc) is 2.67. The van der Waals surface area contributed by atoms with Gasteiger partial charge in [-0.2, -0.15) is 0 Å². The van der Waals surface area contributed by atoms with E-state index in [1.165, 1.54) is 11.1 Å². The number of rotatable bonds is 4. The second-order valence-electron chi connectivity index (χ2n) is 6.24. The lowest BCUT2D eigenvalue weighted by Crippen LogP contribution is -2.18. The Morgan fingerprint density at radius 2 is 1.62 bits per heavy atom. The Hall–Kier alpha value is -3.40. The molecule has 1 N–H and O–H groups in total. The highest BCUT2D eigenvalue weighted by Crippen LogP contribution is 2.21. The van der Waals surface area contributed by atoms with Gasteiger partial charge in [-0.05, 0) is 42.3 Å². The monoisotopic (exact) mass is 341 g/mol. The predicted molar refractivity (Wildman–Crippen MR) is 105 cm³/mol. The fourth-order valence-electron chi connectivity index (χ4n) is 3.06. The number of pyridine rings is 1. The molecule has 0 aliphatic rings. The summed E-state index contributed by atoms with van der Waals surface area (Å²) in [6.07, 6.45) is 0. The van der Waals surface area contributed by atoms with Gasteiger partial charge in [-0.25, -0.2) is 4.98 Å². The summed E-state index contributed by atoms with van der Waals surface area (Å²) in [7, 11) is 0. The van der Waals surface area contributed by atoms with Gasteiger partial charge < -0.3 is 5.32 Å². The van der Waals surface area contributed by atoms with Gasteiger partial charge in [0.2, 0.25) is 0 Å². The van der Waals surface area contributed by atoms with Crippen LogP contribution in [0.25, 0.3) is 16.8 Å². The molecule has 0 atom stereocenters. The molecule has 0 amide bonds. The molecule has 2 aromatic carbocycles. The third kappa shape index (κ3) is 3.22. The minimum Gasteiger partial charge on any atom is -0.379 e. The van der Waals surface area contributed by atoms with Crippen molar-refractivity contribution in [2.75, 3.05) is 5.32 Å². The van der Waals surface area contributed by atoms with E-state index in [1.807, 2.05) is 55.5 Å². The van der Waals surface area contributed by atoms with Crippen LogP contribution in [0.4, 0.5) is 5.69 Å². The van der Waals surface area contributed by atoms with Crippen molar-refractivity contribution in [2.24, 2.45) is 0 Å². The van der Waals surface area contributed by atoms with E-state index >= 15 is 0 Å². The van der Waals surface area contributed by atoms with Gasteiger partial charge in [-0.1, -0.05) is 48.5 Å². The lowest BCUT2D eigenvalue weighted by atomic mass is 10.1. The first-order valence-corrected chi connectivity index (χ1v) is 8.58. The molecule has 0 radical (unpaired) electrons. The molecule has 4 nitrogen and oxygen atoms in total. The summed E-state index contributed by atoms with van der Waals surface area (Å²) in [4.78, 5) is 16.9. The van der Waals surface area contributed by atoms with E-state index < -0.39 is 0 Å². The van der Waals surface area contributed by atoms with Crippen molar-refractivity contribution in [3.63, 3.8) is 0 Å². The maximum atomic E-state index is 12.3. The zero-order chi connectivity index (χ0) is 17.9. The summed E-state index contributed by atoms with van der Waals surface area (Å²) in [5, 5.41) is 3.34. The van der Waals surface area contributed by atoms with Gasteiger partial charge >= 0.3 is 0 Å². The number of aryl methyl sites for hydroxylation is 1. The predicted octanol–water partition coefficient (Wildman–Crippen LogP) is 4.28. The van der Waals surface area contributed by atoms with Crippen LogP contribution in [0.2, 0.25) is 0 Å². The first kappa shape index (κ1) is 16.1. The summed E-state index contributed by atoms with van der Waals surface area (Å²) < 4.78 is 1.62. The van der Waals surface area contributed by atoms with Crippen LogP contribution in [0.5, 0.6) is 0 Å². The highest BCUT2D eigenvalue weighted by atomic mass is 16.1. The van der Waals surface area contributed by atoms with Crippen molar-refractivity contribution in [3.8, 4) is 11.1 Å². The van der Waals surface area contributed by atoms with Crippen molar-refractivity contribution < 1.29 is 0 Å². The van der Waals surface area contributed by atoms with E-state index in [2.05, 4.69) is 34.6 Å². The molecule has 0 fully saturated rings. The standard InChI is InChI=1S/C22H19N3O/c1-16-6-5-9-21-24-20(14-22(26)25(16)21)15-23-19-12-10-18(11-13-19)17-7-3-2-4-8-17/h2-14,23H,15H2,1H3. The Morgan fingerprint density at radius 1 is 0.885 bits per heavy atom. The quantitative estimate of drug-likeness (QED) is 0.602. The maximum absolute atomic E-state index is 12.3. The Labute approximate surface area is 151 Å². The van der Waals surface area contributed by atoms with Crippen LogP contribution in [0.3, 0.4) is 0 Å². The Kier molecular flexibility index (Phi) is 4.23. The Morgan fingerprint density at radius 3 is 2.38 bits per heavy atom. The van der Waals surface area contributed by atoms with Crippen LogP contribution >= 0.6 is 0 Å². The third-order valence-corrected chi connectivity index (χ3v) is 4.40. The maximum Gasteiger partial charge on any atom is 0.258 e. The van der Waals surface area contributed by atoms with Crippen LogP contribution in [0, 0.1) is 6.92 Å². The molecule has 0 aliphatic heterocycles. The van der Waals surface area contributed by atoms with Crippen molar-refractivity contribution in [2.45, 2.75) is 13.5 Å². The summed E-state index contributed by atoms with van der Waals surface area (Å²) in [5.41, 5.74) is 5.60. The van der Waals surface area contributed by atoms with E-state index in [1.54, 1.807) is 10.5 Å². The van der Waals surface area contributed by atoms with Crippen LogP contribution in [-0.4, -0.2) is 9.38 Å². The van der Waals surface area contributed by atoms with Crippen molar-refractivity contribution in [1.29, 1.82) is 0 Å². The zero-order valence-electron chi connectivity index (χ0n) is 14.5. The first-order chi connectivity index (χ1) is 12.7. The number of anilines is 1. The topological polar surface area (TPSA) is 46.4 Å². The molecule has 0 aliphatic carbocycles. The molecule has 26 heavy (non-hydrogen) atoms. The molecular formula is C22H19N3O. The molecular weight excluding hydrogens is 322 g/mol. The number of benzene rings is 2. The number of hydrogen-bond donors (Lipinski definition) is 1. The number of aromatic nitrogens is 2. The molecule has 4 aromatic rings. The van der Waals surface area contributed by atoms with Gasteiger partial charge in [-0.3, -0.25) is 9.20 Å². The SMILES string of the molecule is Cc1cccc2nc(CNc3ccc(-c4ccccc4)cc3)cc(=O)n12. The lowest BCUT2D eigenvalue weighted by Gasteiger charge is -2.09. The number of hydrogen-bond acceptors (Lipinski definition) is 3. The molecule has 128 valence electrons. The van der Waals surface area contributed by atoms with Crippen LogP contribution in [0.15, 0.2) is 83.7 Å². The normalized spacial score (nSPS) is 10.8. The van der Waals surface area contributed by atoms with Gasteiger partial charge in [0.05, 0.1) is 12.2 Å². The number of nitrogens with zero attached hydrogens (tertiary/aromatic N) is 2. The molecule has 0 saturated carbocycles. The smallest absolute Gasteiger partial charge is 0.258 e. The largest absolute Gasteiger partial charge is 0.379 e.